The zero-order valence-corrected chi connectivity index (χ0v) is 11.5. The predicted octanol–water partition coefficient (Wildman–Crippen LogP) is 3.93. The van der Waals surface area contributed by atoms with E-state index in [9.17, 15) is 9.50 Å². The van der Waals surface area contributed by atoms with Crippen LogP contribution >= 0.6 is 11.6 Å². The van der Waals surface area contributed by atoms with Crippen LogP contribution in [0, 0.1) is 12.7 Å². The van der Waals surface area contributed by atoms with Crippen molar-refractivity contribution >= 4 is 11.6 Å². The van der Waals surface area contributed by atoms with Gasteiger partial charge in [0, 0.05) is 11.4 Å². The molecule has 0 spiro atoms. The highest BCUT2D eigenvalue weighted by atomic mass is 35.5. The molecule has 3 heteroatoms. The summed E-state index contributed by atoms with van der Waals surface area (Å²) in [6, 6.07) is 12.2. The van der Waals surface area contributed by atoms with Gasteiger partial charge in [-0.2, -0.15) is 0 Å². The van der Waals surface area contributed by atoms with Gasteiger partial charge in [-0.1, -0.05) is 41.4 Å². The minimum Gasteiger partial charge on any atom is -0.392 e. The molecule has 19 heavy (non-hydrogen) atoms. The summed E-state index contributed by atoms with van der Waals surface area (Å²) in [6.07, 6.45) is 0.320. The van der Waals surface area contributed by atoms with Crippen molar-refractivity contribution in [2.75, 3.05) is 0 Å². The van der Waals surface area contributed by atoms with Gasteiger partial charge in [0.2, 0.25) is 0 Å². The molecule has 1 atom stereocenters. The molecule has 0 saturated heterocycles. The third-order valence-electron chi connectivity index (χ3n) is 3.02. The van der Waals surface area contributed by atoms with E-state index in [1.807, 2.05) is 31.2 Å². The molecule has 1 unspecified atom stereocenters. The molecule has 0 aromatic heterocycles. The van der Waals surface area contributed by atoms with E-state index in [0.29, 0.717) is 23.4 Å². The van der Waals surface area contributed by atoms with Gasteiger partial charge in [-0.15, -0.1) is 0 Å². The molecule has 100 valence electrons. The molecule has 0 amide bonds. The Hall–Kier alpha value is -1.38. The van der Waals surface area contributed by atoms with Gasteiger partial charge >= 0.3 is 0 Å². The van der Waals surface area contributed by atoms with Crippen LogP contribution < -0.4 is 0 Å². The zero-order chi connectivity index (χ0) is 13.8. The van der Waals surface area contributed by atoms with E-state index in [1.165, 1.54) is 18.2 Å². The van der Waals surface area contributed by atoms with E-state index in [4.69, 9.17) is 11.6 Å². The molecule has 0 aliphatic carbocycles. The lowest BCUT2D eigenvalue weighted by Crippen LogP contribution is -2.14. The fourth-order valence-electron chi connectivity index (χ4n) is 2.14. The van der Waals surface area contributed by atoms with Crippen LogP contribution in [0.1, 0.15) is 16.7 Å². The molecule has 2 aromatic rings. The maximum atomic E-state index is 13.1. The topological polar surface area (TPSA) is 20.2 Å². The monoisotopic (exact) mass is 278 g/mol. The van der Waals surface area contributed by atoms with Crippen molar-refractivity contribution in [3.05, 3.63) is 70.0 Å². The van der Waals surface area contributed by atoms with Crippen LogP contribution in [0.3, 0.4) is 0 Å². The summed E-state index contributed by atoms with van der Waals surface area (Å²) in [5.41, 5.74) is 2.87. The molecule has 0 heterocycles. The molecule has 2 rings (SSSR count). The maximum absolute atomic E-state index is 13.1. The van der Waals surface area contributed by atoms with Crippen LogP contribution in [0.25, 0.3) is 0 Å². The van der Waals surface area contributed by atoms with Crippen molar-refractivity contribution in [1.82, 2.24) is 0 Å². The number of hydrogen-bond donors (Lipinski definition) is 1. The van der Waals surface area contributed by atoms with Crippen molar-refractivity contribution in [2.24, 2.45) is 0 Å². The third-order valence-corrected chi connectivity index (χ3v) is 3.39. The Morgan fingerprint density at radius 2 is 1.95 bits per heavy atom. The molecule has 0 fully saturated rings. The first-order valence-electron chi connectivity index (χ1n) is 6.22. The standard InChI is InChI=1S/C16H16ClFO/c1-11-3-2-4-12(7-11)8-15(19)10-13-9-14(18)5-6-16(13)17/h2-7,9,15,19H,8,10H2,1H3. The second-order valence-corrected chi connectivity index (χ2v) is 5.19. The molecular formula is C16H16ClFO. The van der Waals surface area contributed by atoms with Gasteiger partial charge in [-0.3, -0.25) is 0 Å². The first-order chi connectivity index (χ1) is 9.04. The molecule has 0 saturated carbocycles. The largest absolute Gasteiger partial charge is 0.392 e. The van der Waals surface area contributed by atoms with Crippen LogP contribution in [-0.4, -0.2) is 11.2 Å². The number of aryl methyl sites for hydroxylation is 1. The Morgan fingerprint density at radius 1 is 1.16 bits per heavy atom. The lowest BCUT2D eigenvalue weighted by molar-refractivity contribution is 0.175. The van der Waals surface area contributed by atoms with E-state index in [2.05, 4.69) is 0 Å². The average Bonchev–Trinajstić information content (AvgIpc) is 2.34. The Bertz CT molecular complexity index is 568. The quantitative estimate of drug-likeness (QED) is 0.898. The summed E-state index contributed by atoms with van der Waals surface area (Å²) >= 11 is 5.99. The molecule has 1 nitrogen and oxygen atoms in total. The van der Waals surface area contributed by atoms with Crippen LogP contribution in [0.15, 0.2) is 42.5 Å². The van der Waals surface area contributed by atoms with Gasteiger partial charge in [0.1, 0.15) is 5.82 Å². The molecule has 0 radical (unpaired) electrons. The minimum atomic E-state index is -0.568. The van der Waals surface area contributed by atoms with Gasteiger partial charge < -0.3 is 5.11 Å². The molecular weight excluding hydrogens is 263 g/mol. The van der Waals surface area contributed by atoms with E-state index < -0.39 is 6.10 Å². The summed E-state index contributed by atoms with van der Waals surface area (Å²) in [6.45, 7) is 2.01. The first kappa shape index (κ1) is 14.0. The highest BCUT2D eigenvalue weighted by Gasteiger charge is 2.10. The highest BCUT2D eigenvalue weighted by molar-refractivity contribution is 6.31. The van der Waals surface area contributed by atoms with Gasteiger partial charge in [-0.25, -0.2) is 4.39 Å². The zero-order valence-electron chi connectivity index (χ0n) is 10.7. The lowest BCUT2D eigenvalue weighted by atomic mass is 10.0. The summed E-state index contributed by atoms with van der Waals surface area (Å²) in [7, 11) is 0. The average molecular weight is 279 g/mol. The molecule has 0 aliphatic rings. The van der Waals surface area contributed by atoms with Crippen LogP contribution in [-0.2, 0) is 12.8 Å². The van der Waals surface area contributed by atoms with E-state index in [1.54, 1.807) is 0 Å². The lowest BCUT2D eigenvalue weighted by Gasteiger charge is -2.12. The Kier molecular flexibility index (Phi) is 4.56. The molecule has 0 aliphatic heterocycles. The number of aliphatic hydroxyl groups is 1. The number of hydrogen-bond acceptors (Lipinski definition) is 1. The van der Waals surface area contributed by atoms with Gasteiger partial charge in [0.05, 0.1) is 6.10 Å². The normalized spacial score (nSPS) is 12.4. The molecule has 1 N–H and O–H groups in total. The number of aliphatic hydroxyl groups excluding tert-OH is 1. The van der Waals surface area contributed by atoms with Crippen molar-refractivity contribution < 1.29 is 9.50 Å². The molecule has 2 aromatic carbocycles. The fraction of sp³-hybridized carbons (Fsp3) is 0.250. The minimum absolute atomic E-state index is 0.331. The van der Waals surface area contributed by atoms with Crippen molar-refractivity contribution in [3.63, 3.8) is 0 Å². The molecule has 0 bridgehead atoms. The summed E-state index contributed by atoms with van der Waals surface area (Å²) in [4.78, 5) is 0. The number of rotatable bonds is 4. The van der Waals surface area contributed by atoms with Crippen molar-refractivity contribution in [1.29, 1.82) is 0 Å². The van der Waals surface area contributed by atoms with E-state index in [0.717, 1.165) is 11.1 Å². The Balaban J connectivity index is 2.05. The second kappa shape index (κ2) is 6.18. The number of benzene rings is 2. The van der Waals surface area contributed by atoms with Crippen LogP contribution in [0.2, 0.25) is 5.02 Å². The first-order valence-corrected chi connectivity index (χ1v) is 6.60. The smallest absolute Gasteiger partial charge is 0.123 e. The van der Waals surface area contributed by atoms with Crippen LogP contribution in [0.4, 0.5) is 4.39 Å². The van der Waals surface area contributed by atoms with E-state index >= 15 is 0 Å². The SMILES string of the molecule is Cc1cccc(CC(O)Cc2cc(F)ccc2Cl)c1. The van der Waals surface area contributed by atoms with Crippen molar-refractivity contribution in [3.8, 4) is 0 Å². The summed E-state index contributed by atoms with van der Waals surface area (Å²) < 4.78 is 13.1. The summed E-state index contributed by atoms with van der Waals surface area (Å²) in [5, 5.41) is 10.6. The van der Waals surface area contributed by atoms with Crippen LogP contribution in [0.5, 0.6) is 0 Å². The Morgan fingerprint density at radius 3 is 2.68 bits per heavy atom. The highest BCUT2D eigenvalue weighted by Crippen LogP contribution is 2.20. The summed E-state index contributed by atoms with van der Waals surface area (Å²) in [5.74, 6) is -0.331. The van der Waals surface area contributed by atoms with Gasteiger partial charge in [0.15, 0.2) is 0 Å². The van der Waals surface area contributed by atoms with Crippen molar-refractivity contribution in [2.45, 2.75) is 25.9 Å². The fourth-order valence-corrected chi connectivity index (χ4v) is 2.33. The Labute approximate surface area is 117 Å². The maximum Gasteiger partial charge on any atom is 0.123 e. The second-order valence-electron chi connectivity index (χ2n) is 4.79. The predicted molar refractivity (Wildman–Crippen MR) is 76.0 cm³/mol. The van der Waals surface area contributed by atoms with Gasteiger partial charge in [-0.05, 0) is 42.7 Å². The third kappa shape index (κ3) is 4.05. The van der Waals surface area contributed by atoms with Gasteiger partial charge in [0.25, 0.3) is 0 Å². The van der Waals surface area contributed by atoms with E-state index in [-0.39, 0.29) is 5.82 Å². The number of halogens is 2.